The second kappa shape index (κ2) is 7.14. The molecule has 1 heteroatoms. The molecule has 0 aliphatic heterocycles. The Hall–Kier alpha value is -0.300. The van der Waals surface area contributed by atoms with E-state index in [9.17, 15) is 0 Å². The van der Waals surface area contributed by atoms with Crippen molar-refractivity contribution < 1.29 is 0 Å². The minimum atomic E-state index is 0.788. The molecule has 0 unspecified atom stereocenters. The summed E-state index contributed by atoms with van der Waals surface area (Å²) in [5.41, 5.74) is 0. The predicted octanol–water partition coefficient (Wildman–Crippen LogP) is 3.27. The van der Waals surface area contributed by atoms with Gasteiger partial charge >= 0.3 is 0 Å². The zero-order valence-electron chi connectivity index (χ0n) is 8.89. The fraction of sp³-hybridized carbons (Fsp3) is 0.833. The Balaban J connectivity index is 2.13. The molecule has 1 N–H and O–H groups in total. The lowest BCUT2D eigenvalue weighted by Gasteiger charge is -2.20. The highest BCUT2D eigenvalue weighted by Crippen LogP contribution is 2.16. The van der Waals surface area contributed by atoms with Crippen LogP contribution in [0.2, 0.25) is 0 Å². The normalized spacial score (nSPS) is 21.6. The summed E-state index contributed by atoms with van der Waals surface area (Å²) in [4.78, 5) is 0. The van der Waals surface area contributed by atoms with Crippen molar-refractivity contribution >= 4 is 0 Å². The lowest BCUT2D eigenvalue weighted by atomic mass is 9.97. The van der Waals surface area contributed by atoms with Gasteiger partial charge in [-0.25, -0.2) is 0 Å². The Morgan fingerprint density at radius 3 is 2.31 bits per heavy atom. The van der Waals surface area contributed by atoms with Crippen LogP contribution >= 0.6 is 0 Å². The highest BCUT2D eigenvalue weighted by Gasteiger charge is 2.08. The molecule has 1 aliphatic rings. The zero-order chi connectivity index (χ0) is 9.36. The average molecular weight is 181 g/mol. The maximum absolute atomic E-state index is 3.60. The molecule has 0 spiro atoms. The van der Waals surface area contributed by atoms with E-state index in [2.05, 4.69) is 24.4 Å². The van der Waals surface area contributed by atoms with Crippen LogP contribution in [0.25, 0.3) is 0 Å². The van der Waals surface area contributed by atoms with Gasteiger partial charge in [-0.1, -0.05) is 44.3 Å². The van der Waals surface area contributed by atoms with Crippen LogP contribution in [0.3, 0.4) is 0 Å². The van der Waals surface area contributed by atoms with Crippen LogP contribution in [0.4, 0.5) is 0 Å². The molecular formula is C12H23N. The SMILES string of the molecule is CC=CCNC1CCCCCCC1. The summed E-state index contributed by atoms with van der Waals surface area (Å²) < 4.78 is 0. The van der Waals surface area contributed by atoms with E-state index < -0.39 is 0 Å². The summed E-state index contributed by atoms with van der Waals surface area (Å²) in [5, 5.41) is 3.60. The molecule has 1 saturated carbocycles. The maximum atomic E-state index is 3.60. The van der Waals surface area contributed by atoms with E-state index in [4.69, 9.17) is 0 Å². The van der Waals surface area contributed by atoms with Gasteiger partial charge in [0, 0.05) is 12.6 Å². The van der Waals surface area contributed by atoms with E-state index >= 15 is 0 Å². The molecule has 1 rings (SSSR count). The van der Waals surface area contributed by atoms with Gasteiger partial charge in [0.15, 0.2) is 0 Å². The standard InChI is InChI=1S/C12H23N/c1-2-3-11-13-12-9-7-5-4-6-8-10-12/h2-3,12-13H,4-11H2,1H3. The molecule has 0 atom stereocenters. The van der Waals surface area contributed by atoms with Crippen LogP contribution in [0.15, 0.2) is 12.2 Å². The summed E-state index contributed by atoms with van der Waals surface area (Å²) in [6.07, 6.45) is 14.3. The van der Waals surface area contributed by atoms with Crippen molar-refractivity contribution in [2.45, 2.75) is 57.9 Å². The first-order valence-electron chi connectivity index (χ1n) is 5.78. The molecule has 0 aromatic heterocycles. The van der Waals surface area contributed by atoms with Gasteiger partial charge in [0.2, 0.25) is 0 Å². The molecule has 1 aliphatic carbocycles. The van der Waals surface area contributed by atoms with Gasteiger partial charge < -0.3 is 5.32 Å². The molecule has 0 bridgehead atoms. The smallest absolute Gasteiger partial charge is 0.0137 e. The average Bonchev–Trinajstić information content (AvgIpc) is 2.08. The highest BCUT2D eigenvalue weighted by atomic mass is 14.9. The topological polar surface area (TPSA) is 12.0 Å². The molecule has 13 heavy (non-hydrogen) atoms. The first-order chi connectivity index (χ1) is 6.43. The molecule has 0 aromatic carbocycles. The summed E-state index contributed by atoms with van der Waals surface area (Å²) in [6, 6.07) is 0.788. The van der Waals surface area contributed by atoms with E-state index in [0.717, 1.165) is 12.6 Å². The third-order valence-electron chi connectivity index (χ3n) is 2.87. The largest absolute Gasteiger partial charge is 0.311 e. The Kier molecular flexibility index (Phi) is 5.92. The maximum Gasteiger partial charge on any atom is 0.0137 e. The number of nitrogens with one attached hydrogen (secondary N) is 1. The highest BCUT2D eigenvalue weighted by molar-refractivity contribution is 4.82. The van der Waals surface area contributed by atoms with Gasteiger partial charge in [-0.3, -0.25) is 0 Å². The van der Waals surface area contributed by atoms with Crippen molar-refractivity contribution in [2.75, 3.05) is 6.54 Å². The van der Waals surface area contributed by atoms with Gasteiger partial charge in [0.05, 0.1) is 0 Å². The number of hydrogen-bond acceptors (Lipinski definition) is 1. The lowest BCUT2D eigenvalue weighted by molar-refractivity contribution is 0.401. The Morgan fingerprint density at radius 1 is 1.08 bits per heavy atom. The monoisotopic (exact) mass is 181 g/mol. The van der Waals surface area contributed by atoms with E-state index in [0.29, 0.717) is 0 Å². The first kappa shape index (κ1) is 10.8. The van der Waals surface area contributed by atoms with E-state index in [-0.39, 0.29) is 0 Å². The Morgan fingerprint density at radius 2 is 1.69 bits per heavy atom. The van der Waals surface area contributed by atoms with Crippen molar-refractivity contribution in [2.24, 2.45) is 0 Å². The number of rotatable bonds is 3. The summed E-state index contributed by atoms with van der Waals surface area (Å²) in [6.45, 7) is 3.14. The van der Waals surface area contributed by atoms with Crippen LogP contribution < -0.4 is 5.32 Å². The molecule has 1 nitrogen and oxygen atoms in total. The molecule has 0 radical (unpaired) electrons. The van der Waals surface area contributed by atoms with E-state index in [1.54, 1.807) is 0 Å². The molecule has 0 saturated heterocycles. The fourth-order valence-corrected chi connectivity index (χ4v) is 2.01. The van der Waals surface area contributed by atoms with Crippen LogP contribution in [0.1, 0.15) is 51.9 Å². The summed E-state index contributed by atoms with van der Waals surface area (Å²) in [7, 11) is 0. The van der Waals surface area contributed by atoms with Gasteiger partial charge in [-0.05, 0) is 19.8 Å². The Bertz CT molecular complexity index is 132. The quantitative estimate of drug-likeness (QED) is 0.659. The zero-order valence-corrected chi connectivity index (χ0v) is 8.89. The summed E-state index contributed by atoms with van der Waals surface area (Å²) in [5.74, 6) is 0. The second-order valence-electron chi connectivity index (χ2n) is 4.02. The van der Waals surface area contributed by atoms with E-state index in [1.807, 2.05) is 0 Å². The molecule has 0 amide bonds. The lowest BCUT2D eigenvalue weighted by Crippen LogP contribution is -2.29. The fourth-order valence-electron chi connectivity index (χ4n) is 2.01. The van der Waals surface area contributed by atoms with Crippen molar-refractivity contribution in [3.8, 4) is 0 Å². The second-order valence-corrected chi connectivity index (χ2v) is 4.02. The van der Waals surface area contributed by atoms with Crippen LogP contribution in [0.5, 0.6) is 0 Å². The van der Waals surface area contributed by atoms with Gasteiger partial charge in [-0.2, -0.15) is 0 Å². The number of allylic oxidation sites excluding steroid dienone is 1. The Labute approximate surface area is 82.6 Å². The minimum absolute atomic E-state index is 0.788. The summed E-state index contributed by atoms with van der Waals surface area (Å²) >= 11 is 0. The molecule has 76 valence electrons. The van der Waals surface area contributed by atoms with Crippen LogP contribution in [-0.2, 0) is 0 Å². The molecule has 1 fully saturated rings. The first-order valence-corrected chi connectivity index (χ1v) is 5.78. The molecular weight excluding hydrogens is 158 g/mol. The molecule has 0 aromatic rings. The van der Waals surface area contributed by atoms with Crippen molar-refractivity contribution in [1.29, 1.82) is 0 Å². The van der Waals surface area contributed by atoms with Crippen LogP contribution in [0, 0.1) is 0 Å². The van der Waals surface area contributed by atoms with Crippen molar-refractivity contribution in [3.05, 3.63) is 12.2 Å². The molecule has 0 heterocycles. The van der Waals surface area contributed by atoms with Gasteiger partial charge in [0.1, 0.15) is 0 Å². The van der Waals surface area contributed by atoms with Crippen molar-refractivity contribution in [3.63, 3.8) is 0 Å². The third kappa shape index (κ3) is 5.09. The third-order valence-corrected chi connectivity index (χ3v) is 2.87. The predicted molar refractivity (Wildman–Crippen MR) is 58.9 cm³/mol. The van der Waals surface area contributed by atoms with Gasteiger partial charge in [-0.15, -0.1) is 0 Å². The van der Waals surface area contributed by atoms with Crippen LogP contribution in [-0.4, -0.2) is 12.6 Å². The van der Waals surface area contributed by atoms with Crippen molar-refractivity contribution in [1.82, 2.24) is 5.32 Å². The van der Waals surface area contributed by atoms with E-state index in [1.165, 1.54) is 44.9 Å². The van der Waals surface area contributed by atoms with Gasteiger partial charge in [0.25, 0.3) is 0 Å². The minimum Gasteiger partial charge on any atom is -0.311 e. The number of hydrogen-bond donors (Lipinski definition) is 1.